The number of aromatic nitrogens is 2. The molecule has 0 bridgehead atoms. The van der Waals surface area contributed by atoms with Gasteiger partial charge in [0, 0.05) is 38.3 Å². The van der Waals surface area contributed by atoms with Crippen LogP contribution in [-0.4, -0.2) is 46.6 Å². The lowest BCUT2D eigenvalue weighted by atomic mass is 10.2. The molecule has 0 aromatic carbocycles. The van der Waals surface area contributed by atoms with Gasteiger partial charge in [-0.15, -0.1) is 0 Å². The van der Waals surface area contributed by atoms with Gasteiger partial charge in [0.1, 0.15) is 0 Å². The van der Waals surface area contributed by atoms with Gasteiger partial charge in [0.2, 0.25) is 5.91 Å². The number of rotatable bonds is 8. The van der Waals surface area contributed by atoms with Crippen LogP contribution in [0.3, 0.4) is 0 Å². The molecule has 132 valence electrons. The van der Waals surface area contributed by atoms with Gasteiger partial charge in [-0.2, -0.15) is 0 Å². The molecule has 6 nitrogen and oxygen atoms in total. The molecule has 0 unspecified atom stereocenters. The summed E-state index contributed by atoms with van der Waals surface area (Å²) in [6, 6.07) is 9.63. The van der Waals surface area contributed by atoms with E-state index >= 15 is 0 Å². The van der Waals surface area contributed by atoms with Crippen LogP contribution in [0.15, 0.2) is 48.9 Å². The predicted molar refractivity (Wildman–Crippen MR) is 94.6 cm³/mol. The zero-order valence-electron chi connectivity index (χ0n) is 14.3. The number of nitrogens with zero attached hydrogens (tertiary/aromatic N) is 3. The van der Waals surface area contributed by atoms with Crippen molar-refractivity contribution in [2.75, 3.05) is 19.7 Å². The van der Waals surface area contributed by atoms with Gasteiger partial charge in [-0.3, -0.25) is 19.7 Å². The summed E-state index contributed by atoms with van der Waals surface area (Å²) in [5.74, 6) is -0.00691. The minimum absolute atomic E-state index is 0.00691. The SMILES string of the molecule is O=C(CN(Cc1cccnc1)C[C@@H]1CCCO1)NCc1ccccn1. The third kappa shape index (κ3) is 5.92. The Morgan fingerprint density at radius 1 is 1.28 bits per heavy atom. The fourth-order valence-electron chi connectivity index (χ4n) is 2.96. The molecule has 25 heavy (non-hydrogen) atoms. The second kappa shape index (κ2) is 9.25. The Morgan fingerprint density at radius 3 is 2.96 bits per heavy atom. The van der Waals surface area contributed by atoms with Crippen LogP contribution in [0, 0.1) is 0 Å². The van der Waals surface area contributed by atoms with Gasteiger partial charge in [0.05, 0.1) is 24.9 Å². The Labute approximate surface area is 148 Å². The van der Waals surface area contributed by atoms with Crippen molar-refractivity contribution in [3.63, 3.8) is 0 Å². The van der Waals surface area contributed by atoms with Gasteiger partial charge in [-0.25, -0.2) is 0 Å². The zero-order valence-corrected chi connectivity index (χ0v) is 14.3. The Kier molecular flexibility index (Phi) is 6.48. The fraction of sp³-hybridized carbons (Fsp3) is 0.421. The molecule has 0 saturated carbocycles. The highest BCUT2D eigenvalue weighted by atomic mass is 16.5. The molecule has 0 spiro atoms. The van der Waals surface area contributed by atoms with E-state index in [1.54, 1.807) is 12.4 Å². The summed E-state index contributed by atoms with van der Waals surface area (Å²) in [4.78, 5) is 22.9. The molecule has 0 radical (unpaired) electrons. The van der Waals surface area contributed by atoms with Crippen molar-refractivity contribution in [3.8, 4) is 0 Å². The molecule has 1 fully saturated rings. The Balaban J connectivity index is 1.54. The minimum Gasteiger partial charge on any atom is -0.377 e. The number of hydrogen-bond acceptors (Lipinski definition) is 5. The van der Waals surface area contributed by atoms with E-state index in [0.29, 0.717) is 19.6 Å². The summed E-state index contributed by atoms with van der Waals surface area (Å²) < 4.78 is 5.73. The molecule has 2 aromatic heterocycles. The number of amides is 1. The monoisotopic (exact) mass is 340 g/mol. The van der Waals surface area contributed by atoms with Gasteiger partial charge in [0.25, 0.3) is 0 Å². The second-order valence-corrected chi connectivity index (χ2v) is 6.26. The molecular weight excluding hydrogens is 316 g/mol. The fourth-order valence-corrected chi connectivity index (χ4v) is 2.96. The van der Waals surface area contributed by atoms with E-state index < -0.39 is 0 Å². The van der Waals surface area contributed by atoms with Crippen molar-refractivity contribution in [2.24, 2.45) is 0 Å². The third-order valence-corrected chi connectivity index (χ3v) is 4.17. The van der Waals surface area contributed by atoms with Crippen molar-refractivity contribution in [3.05, 3.63) is 60.2 Å². The van der Waals surface area contributed by atoms with Crippen LogP contribution >= 0.6 is 0 Å². The second-order valence-electron chi connectivity index (χ2n) is 6.26. The molecule has 1 saturated heterocycles. The molecule has 2 aromatic rings. The molecule has 0 aliphatic carbocycles. The first-order valence-corrected chi connectivity index (χ1v) is 8.69. The minimum atomic E-state index is -0.00691. The Morgan fingerprint density at radius 2 is 2.24 bits per heavy atom. The smallest absolute Gasteiger partial charge is 0.234 e. The summed E-state index contributed by atoms with van der Waals surface area (Å²) >= 11 is 0. The van der Waals surface area contributed by atoms with E-state index in [1.807, 2.05) is 36.5 Å². The Bertz CT molecular complexity index is 645. The van der Waals surface area contributed by atoms with Crippen LogP contribution in [-0.2, 0) is 22.6 Å². The van der Waals surface area contributed by atoms with Crippen LogP contribution < -0.4 is 5.32 Å². The third-order valence-electron chi connectivity index (χ3n) is 4.17. The van der Waals surface area contributed by atoms with Crippen molar-refractivity contribution in [2.45, 2.75) is 32.0 Å². The van der Waals surface area contributed by atoms with Gasteiger partial charge in [-0.1, -0.05) is 12.1 Å². The van der Waals surface area contributed by atoms with Crippen molar-refractivity contribution in [1.29, 1.82) is 0 Å². The van der Waals surface area contributed by atoms with Crippen molar-refractivity contribution < 1.29 is 9.53 Å². The van der Waals surface area contributed by atoms with Crippen LogP contribution in [0.1, 0.15) is 24.1 Å². The molecule has 1 N–H and O–H groups in total. The first-order chi connectivity index (χ1) is 12.3. The van der Waals surface area contributed by atoms with Gasteiger partial charge < -0.3 is 10.1 Å². The quantitative estimate of drug-likeness (QED) is 0.793. The summed E-state index contributed by atoms with van der Waals surface area (Å²) in [6.45, 7) is 3.04. The maximum Gasteiger partial charge on any atom is 0.234 e. The van der Waals surface area contributed by atoms with E-state index in [4.69, 9.17) is 4.74 Å². The lowest BCUT2D eigenvalue weighted by molar-refractivity contribution is -0.122. The molecule has 6 heteroatoms. The van der Waals surface area contributed by atoms with Gasteiger partial charge in [0.15, 0.2) is 0 Å². The van der Waals surface area contributed by atoms with Crippen LogP contribution in [0.5, 0.6) is 0 Å². The predicted octanol–water partition coefficient (Wildman–Crippen LogP) is 1.77. The van der Waals surface area contributed by atoms with Crippen LogP contribution in [0.4, 0.5) is 0 Å². The van der Waals surface area contributed by atoms with Crippen LogP contribution in [0.2, 0.25) is 0 Å². The summed E-state index contributed by atoms with van der Waals surface area (Å²) in [5, 5.41) is 2.94. The normalized spacial score (nSPS) is 16.9. The molecule has 1 atom stereocenters. The highest BCUT2D eigenvalue weighted by molar-refractivity contribution is 5.77. The number of carbonyl (C=O) groups is 1. The maximum atomic E-state index is 12.4. The summed E-state index contributed by atoms with van der Waals surface area (Å²) in [6.07, 6.45) is 7.69. The first-order valence-electron chi connectivity index (χ1n) is 8.69. The maximum absolute atomic E-state index is 12.4. The highest BCUT2D eigenvalue weighted by Crippen LogP contribution is 2.14. The topological polar surface area (TPSA) is 67.4 Å². The van der Waals surface area contributed by atoms with E-state index in [0.717, 1.165) is 37.3 Å². The standard InChI is InChI=1S/C19H24N4O2/c24-19(22-12-17-6-1-2-9-21-17)15-23(14-18-7-4-10-25-18)13-16-5-3-8-20-11-16/h1-3,5-6,8-9,11,18H,4,7,10,12-15H2,(H,22,24)/t18-/m0/s1. The first kappa shape index (κ1) is 17.5. The number of ether oxygens (including phenoxy) is 1. The number of hydrogen-bond donors (Lipinski definition) is 1. The van der Waals surface area contributed by atoms with E-state index in [9.17, 15) is 4.79 Å². The number of pyridine rings is 2. The average molecular weight is 340 g/mol. The van der Waals surface area contributed by atoms with Crippen molar-refractivity contribution >= 4 is 5.91 Å². The van der Waals surface area contributed by atoms with Gasteiger partial charge in [-0.05, 0) is 36.6 Å². The molecule has 1 amide bonds. The van der Waals surface area contributed by atoms with E-state index in [1.165, 1.54) is 0 Å². The lowest BCUT2D eigenvalue weighted by Crippen LogP contribution is -2.40. The van der Waals surface area contributed by atoms with Crippen molar-refractivity contribution in [1.82, 2.24) is 20.2 Å². The molecular formula is C19H24N4O2. The largest absolute Gasteiger partial charge is 0.377 e. The molecule has 3 heterocycles. The van der Waals surface area contributed by atoms with E-state index in [-0.39, 0.29) is 12.0 Å². The number of carbonyl (C=O) groups excluding carboxylic acids is 1. The molecule has 1 aliphatic rings. The average Bonchev–Trinajstić information content (AvgIpc) is 3.15. The van der Waals surface area contributed by atoms with Crippen LogP contribution in [0.25, 0.3) is 0 Å². The Hall–Kier alpha value is -2.31. The summed E-state index contributed by atoms with van der Waals surface area (Å²) in [7, 11) is 0. The van der Waals surface area contributed by atoms with E-state index in [2.05, 4.69) is 20.2 Å². The zero-order chi connectivity index (χ0) is 17.3. The van der Waals surface area contributed by atoms with Gasteiger partial charge >= 0.3 is 0 Å². The molecule has 3 rings (SSSR count). The molecule has 1 aliphatic heterocycles. The lowest BCUT2D eigenvalue weighted by Gasteiger charge is -2.24. The number of nitrogens with one attached hydrogen (secondary N) is 1. The summed E-state index contributed by atoms with van der Waals surface area (Å²) in [5.41, 5.74) is 1.95. The highest BCUT2D eigenvalue weighted by Gasteiger charge is 2.21.